The molecule has 168 valence electrons. The van der Waals surface area contributed by atoms with Crippen LogP contribution in [0.15, 0.2) is 84.9 Å². The van der Waals surface area contributed by atoms with Crippen molar-refractivity contribution in [2.45, 2.75) is 25.7 Å². The molecule has 0 spiro atoms. The fraction of sp³-hybridized carbons (Fsp3) is 0.143. The number of aromatic hydroxyl groups is 4. The van der Waals surface area contributed by atoms with Crippen LogP contribution in [-0.4, -0.2) is 20.4 Å². The van der Waals surface area contributed by atoms with Gasteiger partial charge in [-0.3, -0.25) is 0 Å². The fourth-order valence-electron chi connectivity index (χ4n) is 3.66. The van der Waals surface area contributed by atoms with Crippen molar-refractivity contribution in [1.82, 2.24) is 0 Å². The summed E-state index contributed by atoms with van der Waals surface area (Å²) in [5.74, 6) is 1.01. The molecule has 0 aromatic heterocycles. The van der Waals surface area contributed by atoms with Crippen LogP contribution >= 0.6 is 0 Å². The van der Waals surface area contributed by atoms with E-state index in [1.807, 2.05) is 36.4 Å². The van der Waals surface area contributed by atoms with Gasteiger partial charge in [0.05, 0.1) is 0 Å². The summed E-state index contributed by atoms with van der Waals surface area (Å²) in [6.45, 7) is 0. The molecular formula is C28H26O5. The highest BCUT2D eigenvalue weighted by Gasteiger charge is 2.11. The van der Waals surface area contributed by atoms with Crippen LogP contribution in [0.1, 0.15) is 22.3 Å². The minimum absolute atomic E-state index is 0.00653. The van der Waals surface area contributed by atoms with Gasteiger partial charge in [0.1, 0.15) is 11.5 Å². The van der Waals surface area contributed by atoms with Crippen LogP contribution in [0.5, 0.6) is 34.5 Å². The second-order valence-corrected chi connectivity index (χ2v) is 8.04. The van der Waals surface area contributed by atoms with Gasteiger partial charge in [0.25, 0.3) is 0 Å². The molecule has 0 heterocycles. The van der Waals surface area contributed by atoms with Crippen molar-refractivity contribution in [2.75, 3.05) is 0 Å². The van der Waals surface area contributed by atoms with E-state index in [0.29, 0.717) is 6.42 Å². The predicted molar refractivity (Wildman–Crippen MR) is 127 cm³/mol. The molecular weight excluding hydrogens is 416 g/mol. The topological polar surface area (TPSA) is 90.2 Å². The lowest BCUT2D eigenvalue weighted by atomic mass is 10.0. The number of ether oxygens (including phenoxy) is 1. The number of hydrogen-bond donors (Lipinski definition) is 4. The zero-order valence-electron chi connectivity index (χ0n) is 18.1. The Morgan fingerprint density at radius 3 is 1.48 bits per heavy atom. The van der Waals surface area contributed by atoms with Gasteiger partial charge < -0.3 is 25.2 Å². The summed E-state index contributed by atoms with van der Waals surface area (Å²) in [5.41, 5.74) is 4.06. The molecule has 4 N–H and O–H groups in total. The van der Waals surface area contributed by atoms with Gasteiger partial charge in [-0.15, -0.1) is 0 Å². The van der Waals surface area contributed by atoms with Crippen molar-refractivity contribution in [2.24, 2.45) is 0 Å². The highest BCUT2D eigenvalue weighted by Crippen LogP contribution is 2.37. The standard InChI is InChI=1S/C28H26O5/c29-23-12-8-19(9-13-23)4-5-21-10-14-25(31)27(17-21)33-28-18-22(11-15-26(28)32)7-6-20-2-1-3-24(30)16-20/h1-3,8-18,29-32H,4-7H2. The molecule has 4 aromatic carbocycles. The monoisotopic (exact) mass is 442 g/mol. The van der Waals surface area contributed by atoms with Gasteiger partial charge in [-0.25, -0.2) is 0 Å². The molecule has 0 aliphatic heterocycles. The van der Waals surface area contributed by atoms with Gasteiger partial charge in [0.15, 0.2) is 23.0 Å². The van der Waals surface area contributed by atoms with Crippen molar-refractivity contribution in [3.05, 3.63) is 107 Å². The first-order chi connectivity index (χ1) is 16.0. The SMILES string of the molecule is Oc1ccc(CCc2ccc(O)c(Oc3cc(CCc4cccc(O)c4)ccc3O)c2)cc1. The average molecular weight is 443 g/mol. The molecule has 0 atom stereocenters. The molecule has 0 amide bonds. The van der Waals surface area contributed by atoms with Gasteiger partial charge in [0.2, 0.25) is 0 Å². The number of aryl methyl sites for hydroxylation is 4. The number of benzene rings is 4. The molecule has 0 radical (unpaired) electrons. The number of phenols is 4. The van der Waals surface area contributed by atoms with E-state index in [1.54, 1.807) is 48.5 Å². The van der Waals surface area contributed by atoms with E-state index in [9.17, 15) is 20.4 Å². The van der Waals surface area contributed by atoms with Crippen LogP contribution in [0.25, 0.3) is 0 Å². The zero-order chi connectivity index (χ0) is 23.2. The summed E-state index contributed by atoms with van der Waals surface area (Å²) >= 11 is 0. The van der Waals surface area contributed by atoms with E-state index in [-0.39, 0.29) is 34.5 Å². The molecule has 0 unspecified atom stereocenters. The Morgan fingerprint density at radius 2 is 0.939 bits per heavy atom. The lowest BCUT2D eigenvalue weighted by Gasteiger charge is -2.12. The van der Waals surface area contributed by atoms with Crippen LogP contribution in [0.3, 0.4) is 0 Å². The second-order valence-electron chi connectivity index (χ2n) is 8.04. The fourth-order valence-corrected chi connectivity index (χ4v) is 3.66. The zero-order valence-corrected chi connectivity index (χ0v) is 18.1. The summed E-state index contributed by atoms with van der Waals surface area (Å²) in [6.07, 6.45) is 2.95. The largest absolute Gasteiger partial charge is 0.508 e. The smallest absolute Gasteiger partial charge is 0.169 e. The third-order valence-electron chi connectivity index (χ3n) is 5.52. The van der Waals surface area contributed by atoms with E-state index >= 15 is 0 Å². The van der Waals surface area contributed by atoms with Gasteiger partial charge in [-0.05, 0) is 96.5 Å². The van der Waals surface area contributed by atoms with Crippen LogP contribution in [-0.2, 0) is 25.7 Å². The van der Waals surface area contributed by atoms with Crippen molar-refractivity contribution in [3.63, 3.8) is 0 Å². The predicted octanol–water partition coefficient (Wildman–Crippen LogP) is 5.87. The molecule has 5 nitrogen and oxygen atoms in total. The Morgan fingerprint density at radius 1 is 0.455 bits per heavy atom. The molecule has 5 heteroatoms. The van der Waals surface area contributed by atoms with E-state index in [0.717, 1.165) is 41.5 Å². The lowest BCUT2D eigenvalue weighted by molar-refractivity contribution is 0.384. The van der Waals surface area contributed by atoms with Crippen molar-refractivity contribution >= 4 is 0 Å². The maximum absolute atomic E-state index is 10.3. The highest BCUT2D eigenvalue weighted by atomic mass is 16.5. The quantitative estimate of drug-likeness (QED) is 0.274. The Hall–Kier alpha value is -4.12. The van der Waals surface area contributed by atoms with Gasteiger partial charge in [-0.1, -0.05) is 36.4 Å². The molecule has 0 aliphatic rings. The molecule has 0 fully saturated rings. The summed E-state index contributed by atoms with van der Waals surface area (Å²) in [4.78, 5) is 0. The van der Waals surface area contributed by atoms with Crippen LogP contribution in [0.2, 0.25) is 0 Å². The molecule has 0 bridgehead atoms. The van der Waals surface area contributed by atoms with Crippen molar-refractivity contribution < 1.29 is 25.2 Å². The summed E-state index contributed by atoms with van der Waals surface area (Å²) in [6, 6.07) is 24.6. The molecule has 4 aromatic rings. The van der Waals surface area contributed by atoms with Crippen molar-refractivity contribution in [1.29, 1.82) is 0 Å². The average Bonchev–Trinajstić information content (AvgIpc) is 2.81. The minimum atomic E-state index is -0.00926. The van der Waals surface area contributed by atoms with E-state index in [2.05, 4.69) is 0 Å². The Labute approximate surface area is 192 Å². The summed E-state index contributed by atoms with van der Waals surface area (Å²) in [7, 11) is 0. The molecule has 4 rings (SSSR count). The van der Waals surface area contributed by atoms with Gasteiger partial charge in [0, 0.05) is 0 Å². The van der Waals surface area contributed by atoms with Crippen LogP contribution in [0, 0.1) is 0 Å². The minimum Gasteiger partial charge on any atom is -0.508 e. The number of hydrogen-bond acceptors (Lipinski definition) is 5. The number of phenolic OH excluding ortho intramolecular Hbond substituents is 4. The first-order valence-corrected chi connectivity index (χ1v) is 10.8. The van der Waals surface area contributed by atoms with E-state index in [1.165, 1.54) is 0 Å². The van der Waals surface area contributed by atoms with Gasteiger partial charge >= 0.3 is 0 Å². The summed E-state index contributed by atoms with van der Waals surface area (Å²) < 4.78 is 5.89. The third kappa shape index (κ3) is 5.98. The second kappa shape index (κ2) is 10.0. The maximum Gasteiger partial charge on any atom is 0.169 e. The van der Waals surface area contributed by atoms with E-state index in [4.69, 9.17) is 4.74 Å². The van der Waals surface area contributed by atoms with Crippen molar-refractivity contribution in [3.8, 4) is 34.5 Å². The molecule has 0 saturated heterocycles. The summed E-state index contributed by atoms with van der Waals surface area (Å²) in [5, 5.41) is 39.6. The van der Waals surface area contributed by atoms with Gasteiger partial charge in [-0.2, -0.15) is 0 Å². The van der Waals surface area contributed by atoms with Crippen LogP contribution < -0.4 is 4.74 Å². The number of rotatable bonds is 8. The molecule has 33 heavy (non-hydrogen) atoms. The Bertz CT molecular complexity index is 1230. The molecule has 0 aliphatic carbocycles. The highest BCUT2D eigenvalue weighted by molar-refractivity contribution is 5.49. The normalized spacial score (nSPS) is 10.8. The molecule has 0 saturated carbocycles. The third-order valence-corrected chi connectivity index (χ3v) is 5.52. The first kappa shape index (κ1) is 22.1. The maximum atomic E-state index is 10.3. The first-order valence-electron chi connectivity index (χ1n) is 10.8. The lowest BCUT2D eigenvalue weighted by Crippen LogP contribution is -1.95. The Kier molecular flexibility index (Phi) is 6.69. The Balaban J connectivity index is 1.45. The van der Waals surface area contributed by atoms with Crippen LogP contribution in [0.4, 0.5) is 0 Å². The van der Waals surface area contributed by atoms with E-state index < -0.39 is 0 Å².